The maximum Gasteiger partial charge on any atom is 0.0104 e. The third kappa shape index (κ3) is 1.92. The lowest BCUT2D eigenvalue weighted by Crippen LogP contribution is -2.49. The van der Waals surface area contributed by atoms with E-state index in [1.54, 1.807) is 11.1 Å². The molecule has 3 rings (SSSR count). The average molecular weight is 278 g/mol. The van der Waals surface area contributed by atoms with Crippen LogP contribution in [0.15, 0.2) is 23.1 Å². The summed E-state index contributed by atoms with van der Waals surface area (Å²) < 4.78 is 0. The molecule has 0 saturated heterocycles. The highest BCUT2D eigenvalue weighted by Gasteiger charge is 2.51. The van der Waals surface area contributed by atoms with E-state index in [0.29, 0.717) is 5.41 Å². The summed E-state index contributed by atoms with van der Waals surface area (Å²) in [5.41, 5.74) is 3.84. The van der Waals surface area contributed by atoms with E-state index in [1.807, 2.05) is 11.8 Å². The van der Waals surface area contributed by atoms with Gasteiger partial charge >= 0.3 is 0 Å². The molecule has 0 heterocycles. The lowest BCUT2D eigenvalue weighted by molar-refractivity contribution is 0.0578. The van der Waals surface area contributed by atoms with Crippen molar-refractivity contribution < 1.29 is 0 Å². The van der Waals surface area contributed by atoms with Gasteiger partial charge in [0.1, 0.15) is 0 Å². The van der Waals surface area contributed by atoms with Gasteiger partial charge in [-0.2, -0.15) is 11.8 Å². The van der Waals surface area contributed by atoms with E-state index in [4.69, 9.17) is 0 Å². The standard InChI is InChI=1S/C16H22S2/c1-16-7-6-11-4-5-14(17-2)9-12(11)8-13(16)10-15(16)18-3/h4-5,9,13,15H,6-8,10H2,1-3H3. The fourth-order valence-electron chi connectivity index (χ4n) is 3.78. The summed E-state index contributed by atoms with van der Waals surface area (Å²) in [5.74, 6) is 0.924. The van der Waals surface area contributed by atoms with Crippen LogP contribution in [-0.2, 0) is 12.8 Å². The number of thioether (sulfide) groups is 2. The molecule has 1 saturated carbocycles. The summed E-state index contributed by atoms with van der Waals surface area (Å²) in [7, 11) is 0. The summed E-state index contributed by atoms with van der Waals surface area (Å²) >= 11 is 3.96. The molecule has 0 aromatic heterocycles. The Bertz CT molecular complexity index is 454. The van der Waals surface area contributed by atoms with Crippen LogP contribution >= 0.6 is 23.5 Å². The highest BCUT2D eigenvalue weighted by molar-refractivity contribution is 7.99. The molecule has 0 radical (unpaired) electrons. The SMILES string of the molecule is CSc1ccc2c(c1)CC1CC(SC)C1(C)CC2. The second kappa shape index (κ2) is 4.79. The van der Waals surface area contributed by atoms with Gasteiger partial charge in [-0.3, -0.25) is 0 Å². The zero-order valence-corrected chi connectivity index (χ0v) is 13.2. The Labute approximate surface area is 119 Å². The number of benzene rings is 1. The quantitative estimate of drug-likeness (QED) is 0.722. The van der Waals surface area contributed by atoms with E-state index in [9.17, 15) is 0 Å². The molecule has 18 heavy (non-hydrogen) atoms. The predicted molar refractivity (Wildman–Crippen MR) is 83.8 cm³/mol. The third-order valence-corrected chi connectivity index (χ3v) is 7.29. The van der Waals surface area contributed by atoms with Crippen LogP contribution in [0.2, 0.25) is 0 Å². The molecular formula is C16H22S2. The van der Waals surface area contributed by atoms with E-state index in [1.165, 1.54) is 30.6 Å². The molecule has 2 aliphatic rings. The first kappa shape index (κ1) is 12.9. The summed E-state index contributed by atoms with van der Waals surface area (Å²) in [6.45, 7) is 2.53. The molecule has 0 aliphatic heterocycles. The van der Waals surface area contributed by atoms with Crippen LogP contribution < -0.4 is 0 Å². The van der Waals surface area contributed by atoms with Gasteiger partial charge in [0.05, 0.1) is 0 Å². The van der Waals surface area contributed by atoms with Crippen LogP contribution in [0.25, 0.3) is 0 Å². The van der Waals surface area contributed by atoms with E-state index in [0.717, 1.165) is 11.2 Å². The molecule has 0 nitrogen and oxygen atoms in total. The molecule has 0 amide bonds. The first-order valence-corrected chi connectivity index (χ1v) is 9.37. The monoisotopic (exact) mass is 278 g/mol. The molecule has 3 atom stereocenters. The zero-order valence-electron chi connectivity index (χ0n) is 11.5. The van der Waals surface area contributed by atoms with E-state index in [-0.39, 0.29) is 0 Å². The van der Waals surface area contributed by atoms with Crippen LogP contribution in [-0.4, -0.2) is 17.8 Å². The fraction of sp³-hybridized carbons (Fsp3) is 0.625. The highest BCUT2D eigenvalue weighted by Crippen LogP contribution is 2.57. The van der Waals surface area contributed by atoms with Crippen molar-refractivity contribution >= 4 is 23.5 Å². The molecular weight excluding hydrogens is 256 g/mol. The van der Waals surface area contributed by atoms with Crippen LogP contribution in [0.1, 0.15) is 30.9 Å². The summed E-state index contributed by atoms with van der Waals surface area (Å²) in [4.78, 5) is 1.43. The van der Waals surface area contributed by atoms with Crippen molar-refractivity contribution in [2.24, 2.45) is 11.3 Å². The predicted octanol–water partition coefficient (Wildman–Crippen LogP) is 4.66. The van der Waals surface area contributed by atoms with Crippen molar-refractivity contribution in [1.82, 2.24) is 0 Å². The Morgan fingerprint density at radius 2 is 2.06 bits per heavy atom. The molecule has 2 aliphatic carbocycles. The van der Waals surface area contributed by atoms with Gasteiger partial charge in [-0.25, -0.2) is 0 Å². The molecule has 1 aromatic rings. The van der Waals surface area contributed by atoms with Gasteiger partial charge in [0.2, 0.25) is 0 Å². The Kier molecular flexibility index (Phi) is 3.44. The number of hydrogen-bond donors (Lipinski definition) is 0. The molecule has 98 valence electrons. The highest BCUT2D eigenvalue weighted by atomic mass is 32.2. The topological polar surface area (TPSA) is 0 Å². The molecule has 0 spiro atoms. The Hall–Kier alpha value is -0.0800. The summed E-state index contributed by atoms with van der Waals surface area (Å²) in [6.07, 6.45) is 9.88. The third-order valence-electron chi connectivity index (χ3n) is 5.26. The second-order valence-electron chi connectivity index (χ2n) is 6.00. The summed E-state index contributed by atoms with van der Waals surface area (Å²) in [6, 6.07) is 7.12. The minimum absolute atomic E-state index is 0.595. The maximum atomic E-state index is 2.53. The second-order valence-corrected chi connectivity index (χ2v) is 7.92. The smallest absolute Gasteiger partial charge is 0.0104 e. The first-order valence-electron chi connectivity index (χ1n) is 6.86. The molecule has 0 N–H and O–H groups in total. The van der Waals surface area contributed by atoms with E-state index < -0.39 is 0 Å². The molecule has 1 aromatic carbocycles. The first-order chi connectivity index (χ1) is 8.67. The van der Waals surface area contributed by atoms with Gasteiger partial charge in [0.25, 0.3) is 0 Å². The van der Waals surface area contributed by atoms with Gasteiger partial charge in [-0.1, -0.05) is 13.0 Å². The molecule has 2 heteroatoms. The van der Waals surface area contributed by atoms with Gasteiger partial charge in [0.15, 0.2) is 0 Å². The van der Waals surface area contributed by atoms with Crippen LogP contribution in [0.3, 0.4) is 0 Å². The minimum Gasteiger partial charge on any atom is -0.161 e. The fourth-order valence-corrected chi connectivity index (χ4v) is 5.52. The molecule has 1 fully saturated rings. The minimum atomic E-state index is 0.595. The lowest BCUT2D eigenvalue weighted by atomic mass is 9.58. The Morgan fingerprint density at radius 3 is 2.78 bits per heavy atom. The summed E-state index contributed by atoms with van der Waals surface area (Å²) in [5, 5.41) is 0.900. The number of hydrogen-bond acceptors (Lipinski definition) is 2. The normalized spacial score (nSPS) is 34.2. The van der Waals surface area contributed by atoms with Crippen LogP contribution in [0.5, 0.6) is 0 Å². The molecule has 0 bridgehead atoms. The van der Waals surface area contributed by atoms with Crippen molar-refractivity contribution in [3.63, 3.8) is 0 Å². The Balaban J connectivity index is 1.89. The number of aryl methyl sites for hydroxylation is 1. The van der Waals surface area contributed by atoms with E-state index >= 15 is 0 Å². The van der Waals surface area contributed by atoms with Gasteiger partial charge in [0, 0.05) is 10.1 Å². The van der Waals surface area contributed by atoms with Gasteiger partial charge < -0.3 is 0 Å². The average Bonchev–Trinajstić information content (AvgIpc) is 2.49. The lowest BCUT2D eigenvalue weighted by Gasteiger charge is -2.53. The van der Waals surface area contributed by atoms with Crippen molar-refractivity contribution in [2.45, 2.75) is 42.8 Å². The van der Waals surface area contributed by atoms with Gasteiger partial charge in [-0.05, 0) is 72.8 Å². The van der Waals surface area contributed by atoms with Crippen molar-refractivity contribution in [3.05, 3.63) is 29.3 Å². The Morgan fingerprint density at radius 1 is 1.22 bits per heavy atom. The van der Waals surface area contributed by atoms with Crippen LogP contribution in [0.4, 0.5) is 0 Å². The number of rotatable bonds is 2. The van der Waals surface area contributed by atoms with Crippen LogP contribution in [0, 0.1) is 11.3 Å². The van der Waals surface area contributed by atoms with Gasteiger partial charge in [-0.15, -0.1) is 11.8 Å². The van der Waals surface area contributed by atoms with E-state index in [2.05, 4.69) is 49.4 Å². The largest absolute Gasteiger partial charge is 0.161 e. The van der Waals surface area contributed by atoms with Crippen molar-refractivity contribution in [1.29, 1.82) is 0 Å². The zero-order chi connectivity index (χ0) is 12.8. The molecule has 3 unspecified atom stereocenters. The van der Waals surface area contributed by atoms with Crippen molar-refractivity contribution in [2.75, 3.05) is 12.5 Å². The number of fused-ring (bicyclic) bond motifs is 2. The van der Waals surface area contributed by atoms with Crippen molar-refractivity contribution in [3.8, 4) is 0 Å². The maximum absolute atomic E-state index is 2.53.